The van der Waals surface area contributed by atoms with Crippen LogP contribution in [0.15, 0.2) is 71.4 Å². The molecule has 0 radical (unpaired) electrons. The zero-order chi connectivity index (χ0) is 24.6. The van der Waals surface area contributed by atoms with Crippen LogP contribution in [0.4, 0.5) is 21.5 Å². The summed E-state index contributed by atoms with van der Waals surface area (Å²) in [7, 11) is 0. The van der Waals surface area contributed by atoms with E-state index in [0.717, 1.165) is 11.0 Å². The lowest BCUT2D eigenvalue weighted by atomic mass is 10.1. The van der Waals surface area contributed by atoms with Gasteiger partial charge in [0.25, 0.3) is 17.7 Å². The lowest BCUT2D eigenvalue weighted by molar-refractivity contribution is -0.120. The number of carbonyl (C=O) groups excluding carboxylic acids is 3. The van der Waals surface area contributed by atoms with E-state index in [1.165, 1.54) is 30.3 Å². The van der Waals surface area contributed by atoms with Gasteiger partial charge >= 0.3 is 0 Å². The van der Waals surface area contributed by atoms with Crippen LogP contribution in [-0.2, 0) is 9.59 Å². The maximum Gasteiger partial charge on any atom is 0.283 e. The Hall–Kier alpha value is -3.39. The van der Waals surface area contributed by atoms with E-state index in [1.807, 2.05) is 0 Å². The van der Waals surface area contributed by atoms with Gasteiger partial charge in [0.2, 0.25) is 0 Å². The van der Waals surface area contributed by atoms with Gasteiger partial charge in [0.05, 0.1) is 10.7 Å². The third-order valence-electron chi connectivity index (χ3n) is 5.03. The van der Waals surface area contributed by atoms with Gasteiger partial charge in [-0.25, -0.2) is 9.29 Å². The first-order chi connectivity index (χ1) is 16.2. The van der Waals surface area contributed by atoms with Crippen LogP contribution in [0.2, 0.25) is 10.0 Å². The Morgan fingerprint density at radius 1 is 0.882 bits per heavy atom. The van der Waals surface area contributed by atoms with E-state index < -0.39 is 23.5 Å². The van der Waals surface area contributed by atoms with Gasteiger partial charge < -0.3 is 10.6 Å². The summed E-state index contributed by atoms with van der Waals surface area (Å²) in [5.41, 5.74) is 1.99. The minimum atomic E-state index is -0.673. The normalized spacial score (nSPS) is 13.5. The molecule has 3 aromatic rings. The fourth-order valence-corrected chi connectivity index (χ4v) is 3.84. The Labute approximate surface area is 208 Å². The minimum Gasteiger partial charge on any atom is -0.350 e. The summed E-state index contributed by atoms with van der Waals surface area (Å²) in [4.78, 5) is 39.1. The molecule has 1 aliphatic heterocycles. The molecule has 34 heavy (non-hydrogen) atoms. The van der Waals surface area contributed by atoms with Crippen LogP contribution in [-0.4, -0.2) is 17.7 Å². The first-order valence-corrected chi connectivity index (χ1v) is 11.0. The Balaban J connectivity index is 1.50. The predicted molar refractivity (Wildman–Crippen MR) is 131 cm³/mol. The molecule has 0 aliphatic carbocycles. The molecule has 0 saturated carbocycles. The molecule has 1 heterocycles. The number of halogens is 4. The molecule has 0 bridgehead atoms. The van der Waals surface area contributed by atoms with Crippen molar-refractivity contribution < 1.29 is 18.8 Å². The third kappa shape index (κ3) is 4.63. The van der Waals surface area contributed by atoms with E-state index in [1.54, 1.807) is 31.2 Å². The summed E-state index contributed by atoms with van der Waals surface area (Å²) in [6, 6.07) is 14.8. The second-order valence-corrected chi connectivity index (χ2v) is 8.57. The molecule has 3 amide bonds. The van der Waals surface area contributed by atoms with Crippen molar-refractivity contribution in [2.45, 2.75) is 6.92 Å². The van der Waals surface area contributed by atoms with Gasteiger partial charge in [-0.2, -0.15) is 0 Å². The second-order valence-electron chi connectivity index (χ2n) is 7.35. The molecule has 0 unspecified atom stereocenters. The van der Waals surface area contributed by atoms with Crippen LogP contribution in [0.3, 0.4) is 0 Å². The number of rotatable bonds is 5. The van der Waals surface area contributed by atoms with Crippen LogP contribution in [0.25, 0.3) is 0 Å². The highest BCUT2D eigenvalue weighted by Crippen LogP contribution is 2.33. The summed E-state index contributed by atoms with van der Waals surface area (Å²) in [5.74, 6) is -2.34. The highest BCUT2D eigenvalue weighted by molar-refractivity contribution is 6.53. The van der Waals surface area contributed by atoms with Gasteiger partial charge in [0.15, 0.2) is 0 Å². The average Bonchev–Trinajstić information content (AvgIpc) is 3.01. The maximum absolute atomic E-state index is 13.3. The second kappa shape index (κ2) is 9.46. The first-order valence-electron chi connectivity index (χ1n) is 9.84. The van der Waals surface area contributed by atoms with Crippen molar-refractivity contribution in [3.8, 4) is 0 Å². The number of imide groups is 1. The highest BCUT2D eigenvalue weighted by atomic mass is 35.5. The molecule has 10 heteroatoms. The average molecular weight is 519 g/mol. The van der Waals surface area contributed by atoms with Gasteiger partial charge in [-0.15, -0.1) is 0 Å². The highest BCUT2D eigenvalue weighted by Gasteiger charge is 2.39. The van der Waals surface area contributed by atoms with E-state index in [4.69, 9.17) is 34.8 Å². The third-order valence-corrected chi connectivity index (χ3v) is 5.91. The van der Waals surface area contributed by atoms with Gasteiger partial charge in [0, 0.05) is 22.0 Å². The number of nitrogens with one attached hydrogen (secondary N) is 2. The zero-order valence-corrected chi connectivity index (χ0v) is 19.7. The van der Waals surface area contributed by atoms with E-state index in [9.17, 15) is 18.8 Å². The number of nitrogens with zero attached hydrogens (tertiary/aromatic N) is 1. The number of carbonyl (C=O) groups is 3. The van der Waals surface area contributed by atoms with Crippen molar-refractivity contribution in [2.75, 3.05) is 15.5 Å². The summed E-state index contributed by atoms with van der Waals surface area (Å²) in [5, 5.41) is 5.46. The quantitative estimate of drug-likeness (QED) is 0.398. The van der Waals surface area contributed by atoms with Gasteiger partial charge in [0.1, 0.15) is 16.5 Å². The topological polar surface area (TPSA) is 78.5 Å². The molecule has 4 rings (SSSR count). The number of anilines is 3. The Morgan fingerprint density at radius 2 is 1.56 bits per heavy atom. The van der Waals surface area contributed by atoms with Crippen molar-refractivity contribution in [2.24, 2.45) is 0 Å². The SMILES string of the molecule is Cc1ccc(Cl)cc1N1C(=O)C(Cl)=C(Nc2ccc(C(=O)Nc3ccc(F)c(Cl)c3)cc2)C1=O. The predicted octanol–water partition coefficient (Wildman–Crippen LogP) is 6.13. The molecule has 3 aromatic carbocycles. The summed E-state index contributed by atoms with van der Waals surface area (Å²) in [6.07, 6.45) is 0. The van der Waals surface area contributed by atoms with Crippen LogP contribution in [0.5, 0.6) is 0 Å². The van der Waals surface area contributed by atoms with Crippen molar-refractivity contribution in [1.82, 2.24) is 0 Å². The number of benzene rings is 3. The zero-order valence-electron chi connectivity index (χ0n) is 17.5. The molecular formula is C24H15Cl3FN3O3. The van der Waals surface area contributed by atoms with Crippen molar-refractivity contribution >= 4 is 69.6 Å². The van der Waals surface area contributed by atoms with E-state index in [0.29, 0.717) is 33.2 Å². The number of hydrogen-bond acceptors (Lipinski definition) is 4. The van der Waals surface area contributed by atoms with Crippen LogP contribution >= 0.6 is 34.8 Å². The molecule has 1 aliphatic rings. The first kappa shape index (κ1) is 23.8. The fourth-order valence-electron chi connectivity index (χ4n) is 3.28. The smallest absolute Gasteiger partial charge is 0.283 e. The number of aryl methyl sites for hydroxylation is 1. The van der Waals surface area contributed by atoms with Crippen LogP contribution < -0.4 is 15.5 Å². The van der Waals surface area contributed by atoms with E-state index >= 15 is 0 Å². The lowest BCUT2D eigenvalue weighted by Gasteiger charge is -2.17. The molecule has 0 aromatic heterocycles. The monoisotopic (exact) mass is 517 g/mol. The Kier molecular flexibility index (Phi) is 6.61. The van der Waals surface area contributed by atoms with Gasteiger partial charge in [-0.05, 0) is 67.1 Å². The van der Waals surface area contributed by atoms with Crippen molar-refractivity contribution in [3.05, 3.63) is 98.4 Å². The number of hydrogen-bond donors (Lipinski definition) is 2. The fraction of sp³-hybridized carbons (Fsp3) is 0.0417. The molecule has 2 N–H and O–H groups in total. The number of amides is 3. The molecule has 0 saturated heterocycles. The molecule has 0 fully saturated rings. The molecule has 0 spiro atoms. The summed E-state index contributed by atoms with van der Waals surface area (Å²) < 4.78 is 13.3. The maximum atomic E-state index is 13.3. The van der Waals surface area contributed by atoms with Crippen molar-refractivity contribution in [3.63, 3.8) is 0 Å². The summed E-state index contributed by atoms with van der Waals surface area (Å²) in [6.45, 7) is 1.75. The molecule has 172 valence electrons. The minimum absolute atomic E-state index is 0.0933. The Morgan fingerprint density at radius 3 is 2.24 bits per heavy atom. The Bertz CT molecular complexity index is 1370. The van der Waals surface area contributed by atoms with Gasteiger partial charge in [-0.3, -0.25) is 14.4 Å². The largest absolute Gasteiger partial charge is 0.350 e. The lowest BCUT2D eigenvalue weighted by Crippen LogP contribution is -2.32. The van der Waals surface area contributed by atoms with Gasteiger partial charge in [-0.1, -0.05) is 40.9 Å². The standard InChI is InChI=1S/C24H15Cl3FN3O3/c1-12-2-5-14(25)10-19(12)31-23(33)20(27)21(24(31)34)29-15-6-3-13(4-7-15)22(32)30-16-8-9-18(28)17(26)11-16/h2-11,29H,1H3,(H,30,32). The summed E-state index contributed by atoms with van der Waals surface area (Å²) >= 11 is 17.9. The van der Waals surface area contributed by atoms with Crippen LogP contribution in [0, 0.1) is 12.7 Å². The van der Waals surface area contributed by atoms with E-state index in [2.05, 4.69) is 10.6 Å². The molecule has 6 nitrogen and oxygen atoms in total. The van der Waals surface area contributed by atoms with Crippen LogP contribution in [0.1, 0.15) is 15.9 Å². The van der Waals surface area contributed by atoms with Crippen molar-refractivity contribution in [1.29, 1.82) is 0 Å². The van der Waals surface area contributed by atoms with E-state index in [-0.39, 0.29) is 15.8 Å². The molecular weight excluding hydrogens is 504 g/mol. The molecule has 0 atom stereocenters.